The fourth-order valence-corrected chi connectivity index (χ4v) is 1.23. The molecule has 1 amide bonds. The Morgan fingerprint density at radius 2 is 1.87 bits per heavy atom. The van der Waals surface area contributed by atoms with E-state index in [1.54, 1.807) is 7.05 Å². The number of benzene rings is 1. The summed E-state index contributed by atoms with van der Waals surface area (Å²) in [5, 5.41) is 10.5. The van der Waals surface area contributed by atoms with E-state index in [9.17, 15) is 14.7 Å². The maximum absolute atomic E-state index is 11.2. The summed E-state index contributed by atoms with van der Waals surface area (Å²) in [6.45, 7) is 0. The normalized spacial score (nSPS) is 9.73. The number of carbonyl (C=O) groups excluding carboxylic acids is 2. The first-order valence-electron chi connectivity index (χ1n) is 4.20. The third-order valence-corrected chi connectivity index (χ3v) is 2.21. The van der Waals surface area contributed by atoms with Gasteiger partial charge in [-0.1, -0.05) is 12.1 Å². The number of carboxylic acids is 1. The number of carbonyl (C=O) groups is 2. The van der Waals surface area contributed by atoms with E-state index in [4.69, 9.17) is 11.6 Å². The maximum Gasteiger partial charge on any atom is 0.241 e. The van der Waals surface area contributed by atoms with Crippen molar-refractivity contribution in [2.75, 3.05) is 17.8 Å². The van der Waals surface area contributed by atoms with Gasteiger partial charge >= 0.3 is 0 Å². The fourth-order valence-electron chi connectivity index (χ4n) is 1.05. The molecule has 0 aliphatic heterocycles. The molecule has 0 atom stereocenters. The van der Waals surface area contributed by atoms with Crippen molar-refractivity contribution in [2.45, 2.75) is 0 Å². The fraction of sp³-hybridized carbons (Fsp3) is 0.200. The molecule has 80 valence electrons. The summed E-state index contributed by atoms with van der Waals surface area (Å²) in [4.78, 5) is 23.0. The molecule has 0 aliphatic rings. The largest absolute Gasteiger partial charge is 0.545 e. The average Bonchev–Trinajstić information content (AvgIpc) is 2.27. The number of anilines is 1. The molecule has 1 rings (SSSR count). The summed E-state index contributed by atoms with van der Waals surface area (Å²) in [6.07, 6.45) is 0. The van der Waals surface area contributed by atoms with Crippen molar-refractivity contribution in [3.05, 3.63) is 29.8 Å². The van der Waals surface area contributed by atoms with Gasteiger partial charge in [0, 0.05) is 12.7 Å². The molecule has 0 aliphatic carbocycles. The van der Waals surface area contributed by atoms with Gasteiger partial charge in [-0.05, 0) is 17.7 Å². The SMILES string of the molecule is CN(C(=O)CCl)c1ccc(C(=O)[O-])cc1. The Labute approximate surface area is 92.1 Å². The van der Waals surface area contributed by atoms with E-state index in [1.807, 2.05) is 0 Å². The van der Waals surface area contributed by atoms with Crippen LogP contribution in [0.25, 0.3) is 0 Å². The summed E-state index contributed by atoms with van der Waals surface area (Å²) < 4.78 is 0. The number of alkyl halides is 1. The molecule has 0 saturated carbocycles. The van der Waals surface area contributed by atoms with Crippen LogP contribution in [-0.2, 0) is 4.79 Å². The standard InChI is InChI=1S/C10H10ClNO3/c1-12(9(13)6-11)8-4-2-7(3-5-8)10(14)15/h2-5H,6H2,1H3,(H,14,15)/p-1. The summed E-state index contributed by atoms with van der Waals surface area (Å²) in [7, 11) is 1.57. The van der Waals surface area contributed by atoms with Gasteiger partial charge in [-0.25, -0.2) is 0 Å². The first kappa shape index (κ1) is 11.5. The van der Waals surface area contributed by atoms with Crippen molar-refractivity contribution in [1.82, 2.24) is 0 Å². The molecule has 0 N–H and O–H groups in total. The molecular weight excluding hydrogens is 218 g/mol. The number of hydrogen-bond donors (Lipinski definition) is 0. The lowest BCUT2D eigenvalue weighted by molar-refractivity contribution is -0.255. The van der Waals surface area contributed by atoms with Crippen LogP contribution < -0.4 is 10.0 Å². The highest BCUT2D eigenvalue weighted by molar-refractivity contribution is 6.29. The van der Waals surface area contributed by atoms with Gasteiger partial charge < -0.3 is 14.8 Å². The molecule has 1 aromatic rings. The second-order valence-electron chi connectivity index (χ2n) is 2.92. The van der Waals surface area contributed by atoms with Crippen molar-refractivity contribution in [1.29, 1.82) is 0 Å². The average molecular weight is 227 g/mol. The smallest absolute Gasteiger partial charge is 0.241 e. The van der Waals surface area contributed by atoms with Crippen LogP contribution in [0.2, 0.25) is 0 Å². The molecule has 0 saturated heterocycles. The first-order valence-corrected chi connectivity index (χ1v) is 4.73. The zero-order valence-electron chi connectivity index (χ0n) is 8.07. The predicted molar refractivity (Wildman–Crippen MR) is 54.9 cm³/mol. The highest BCUT2D eigenvalue weighted by atomic mass is 35.5. The lowest BCUT2D eigenvalue weighted by atomic mass is 10.2. The third-order valence-electron chi connectivity index (χ3n) is 1.98. The van der Waals surface area contributed by atoms with Crippen LogP contribution in [0.1, 0.15) is 10.4 Å². The lowest BCUT2D eigenvalue weighted by Gasteiger charge is -2.16. The number of carboxylic acid groups (broad SMARTS) is 1. The van der Waals surface area contributed by atoms with E-state index in [2.05, 4.69) is 0 Å². The molecule has 0 radical (unpaired) electrons. The van der Waals surface area contributed by atoms with Gasteiger partial charge in [0.25, 0.3) is 0 Å². The van der Waals surface area contributed by atoms with Crippen LogP contribution in [0.3, 0.4) is 0 Å². The number of halogens is 1. The molecule has 0 bridgehead atoms. The molecule has 0 heterocycles. The summed E-state index contributed by atoms with van der Waals surface area (Å²) in [6, 6.07) is 5.80. The van der Waals surface area contributed by atoms with E-state index in [0.717, 1.165) is 0 Å². The Hall–Kier alpha value is -1.55. The van der Waals surface area contributed by atoms with Crippen LogP contribution in [0.5, 0.6) is 0 Å². The molecule has 0 aromatic heterocycles. The van der Waals surface area contributed by atoms with Gasteiger partial charge in [0.15, 0.2) is 0 Å². The van der Waals surface area contributed by atoms with Gasteiger partial charge in [0.2, 0.25) is 5.91 Å². The monoisotopic (exact) mass is 226 g/mol. The second-order valence-corrected chi connectivity index (χ2v) is 3.19. The van der Waals surface area contributed by atoms with E-state index >= 15 is 0 Å². The van der Waals surface area contributed by atoms with Gasteiger partial charge in [0.05, 0.1) is 5.97 Å². The van der Waals surface area contributed by atoms with Crippen LogP contribution in [0.15, 0.2) is 24.3 Å². The van der Waals surface area contributed by atoms with E-state index < -0.39 is 5.97 Å². The minimum absolute atomic E-state index is 0.0745. The van der Waals surface area contributed by atoms with Crippen molar-refractivity contribution >= 4 is 29.2 Å². The Bertz CT molecular complexity index is 375. The quantitative estimate of drug-likeness (QED) is 0.695. The van der Waals surface area contributed by atoms with Crippen LogP contribution in [0, 0.1) is 0 Å². The van der Waals surface area contributed by atoms with Gasteiger partial charge in [-0.15, -0.1) is 11.6 Å². The van der Waals surface area contributed by atoms with E-state index in [1.165, 1.54) is 29.2 Å². The maximum atomic E-state index is 11.2. The molecule has 5 heteroatoms. The lowest BCUT2D eigenvalue weighted by Crippen LogP contribution is -2.27. The van der Waals surface area contributed by atoms with Gasteiger partial charge in [0.1, 0.15) is 5.88 Å². The molecule has 0 unspecified atom stereocenters. The molecule has 15 heavy (non-hydrogen) atoms. The van der Waals surface area contributed by atoms with Crippen molar-refractivity contribution in [3.63, 3.8) is 0 Å². The molecule has 4 nitrogen and oxygen atoms in total. The Balaban J connectivity index is 2.89. The first-order chi connectivity index (χ1) is 7.06. The zero-order chi connectivity index (χ0) is 11.4. The highest BCUT2D eigenvalue weighted by Crippen LogP contribution is 2.13. The number of aromatic carboxylic acids is 1. The minimum atomic E-state index is -1.24. The summed E-state index contributed by atoms with van der Waals surface area (Å²) >= 11 is 5.38. The Morgan fingerprint density at radius 1 is 1.33 bits per heavy atom. The molecule has 0 spiro atoms. The van der Waals surface area contributed by atoms with Crippen molar-refractivity contribution < 1.29 is 14.7 Å². The Morgan fingerprint density at radius 3 is 2.27 bits per heavy atom. The van der Waals surface area contributed by atoms with Crippen molar-refractivity contribution in [3.8, 4) is 0 Å². The van der Waals surface area contributed by atoms with Crippen molar-refractivity contribution in [2.24, 2.45) is 0 Å². The summed E-state index contributed by atoms with van der Waals surface area (Å²) in [5.41, 5.74) is 0.663. The Kier molecular flexibility index (Phi) is 3.68. The number of rotatable bonds is 3. The summed E-state index contributed by atoms with van der Waals surface area (Å²) in [5.74, 6) is -1.61. The van der Waals surface area contributed by atoms with E-state index in [-0.39, 0.29) is 17.4 Å². The number of amides is 1. The topological polar surface area (TPSA) is 60.4 Å². The van der Waals surface area contributed by atoms with Crippen LogP contribution >= 0.6 is 11.6 Å². The highest BCUT2D eigenvalue weighted by Gasteiger charge is 2.08. The van der Waals surface area contributed by atoms with Gasteiger partial charge in [-0.2, -0.15) is 0 Å². The number of hydrogen-bond acceptors (Lipinski definition) is 3. The van der Waals surface area contributed by atoms with Gasteiger partial charge in [-0.3, -0.25) is 4.79 Å². The van der Waals surface area contributed by atoms with E-state index in [0.29, 0.717) is 5.69 Å². The number of nitrogens with zero attached hydrogens (tertiary/aromatic N) is 1. The minimum Gasteiger partial charge on any atom is -0.545 e. The van der Waals surface area contributed by atoms with Crippen LogP contribution in [0.4, 0.5) is 5.69 Å². The zero-order valence-corrected chi connectivity index (χ0v) is 8.82. The second kappa shape index (κ2) is 4.79. The van der Waals surface area contributed by atoms with Crippen LogP contribution in [-0.4, -0.2) is 24.8 Å². The molecular formula is C10H9ClNO3-. The molecule has 0 fully saturated rings. The predicted octanol–water partition coefficient (Wildman–Crippen LogP) is 0.252. The third kappa shape index (κ3) is 2.70. The molecule has 1 aromatic carbocycles.